The Kier molecular flexibility index (Phi) is 3.47. The average molecular weight is 401 g/mol. The summed E-state index contributed by atoms with van der Waals surface area (Å²) < 4.78 is 26.4. The van der Waals surface area contributed by atoms with Crippen molar-refractivity contribution >= 4 is 17.6 Å². The van der Waals surface area contributed by atoms with Gasteiger partial charge in [0.1, 0.15) is 5.82 Å². The number of cyclic esters (lactones) is 2. The third kappa shape index (κ3) is 2.37. The molecule has 4 aliphatic rings. The summed E-state index contributed by atoms with van der Waals surface area (Å²) in [6.07, 6.45) is 2.67. The van der Waals surface area contributed by atoms with E-state index in [2.05, 4.69) is 20.8 Å². The molecular weight excluding hydrogens is 373 g/mol. The molecule has 5 nitrogen and oxygen atoms in total. The fourth-order valence-electron chi connectivity index (χ4n) is 7.07. The summed E-state index contributed by atoms with van der Waals surface area (Å²) in [5.41, 5.74) is -0.556. The molecule has 1 aliphatic carbocycles. The van der Waals surface area contributed by atoms with Crippen LogP contribution >= 0.6 is 0 Å². The molecular formula is C23H28FNO4. The number of halogens is 1. The minimum atomic E-state index is -1.47. The Balaban J connectivity index is 1.77. The molecule has 1 spiro atoms. The monoisotopic (exact) mass is 401 g/mol. The fourth-order valence-corrected chi connectivity index (χ4v) is 7.07. The lowest BCUT2D eigenvalue weighted by Crippen LogP contribution is -2.67. The predicted octanol–water partition coefficient (Wildman–Crippen LogP) is 3.98. The van der Waals surface area contributed by atoms with Crippen molar-refractivity contribution in [2.24, 2.45) is 16.2 Å². The zero-order valence-electron chi connectivity index (χ0n) is 17.7. The molecule has 3 heterocycles. The van der Waals surface area contributed by atoms with Gasteiger partial charge in [-0.1, -0.05) is 32.9 Å². The van der Waals surface area contributed by atoms with Crippen LogP contribution in [0.5, 0.6) is 0 Å². The lowest BCUT2D eigenvalue weighted by molar-refractivity contribution is -0.255. The maximum absolute atomic E-state index is 15.1. The standard InChI is InChI=1S/C23H28FNO4/c1-20(2)10-14-11-22(5,12-20)17-23(18(26)28-21(3,4)29-19(23)27)9-13-7-6-8-15(24)16(13)25(14)17/h6-8,14,17H,9-12H2,1-5H3/t14-,17+,22-/m1/s1. The van der Waals surface area contributed by atoms with E-state index < -0.39 is 29.2 Å². The van der Waals surface area contributed by atoms with Crippen molar-refractivity contribution < 1.29 is 23.5 Å². The molecule has 0 radical (unpaired) electrons. The molecule has 0 aromatic heterocycles. The van der Waals surface area contributed by atoms with E-state index in [-0.39, 0.29) is 29.1 Å². The molecule has 1 aromatic carbocycles. The lowest BCUT2D eigenvalue weighted by Gasteiger charge is -2.53. The minimum absolute atomic E-state index is 0.0311. The van der Waals surface area contributed by atoms with Gasteiger partial charge in [-0.05, 0) is 41.7 Å². The van der Waals surface area contributed by atoms with Gasteiger partial charge in [0.25, 0.3) is 5.79 Å². The van der Waals surface area contributed by atoms with Crippen LogP contribution in [0.4, 0.5) is 10.1 Å². The van der Waals surface area contributed by atoms with Gasteiger partial charge in [0.15, 0.2) is 5.41 Å². The van der Waals surface area contributed by atoms with Crippen molar-refractivity contribution in [2.45, 2.75) is 78.2 Å². The zero-order chi connectivity index (χ0) is 21.0. The van der Waals surface area contributed by atoms with Gasteiger partial charge in [-0.3, -0.25) is 9.59 Å². The quantitative estimate of drug-likeness (QED) is 0.486. The minimum Gasteiger partial charge on any atom is -0.422 e. The second kappa shape index (κ2) is 5.32. The van der Waals surface area contributed by atoms with E-state index in [1.54, 1.807) is 19.9 Å². The van der Waals surface area contributed by atoms with Crippen LogP contribution in [-0.2, 0) is 25.5 Å². The maximum Gasteiger partial charge on any atom is 0.329 e. The van der Waals surface area contributed by atoms with Crippen LogP contribution in [0.3, 0.4) is 0 Å². The average Bonchev–Trinajstić information content (AvgIpc) is 2.78. The second-order valence-electron chi connectivity index (χ2n) is 10.9. The summed E-state index contributed by atoms with van der Waals surface area (Å²) in [5, 5.41) is 0. The number of hydrogen-bond acceptors (Lipinski definition) is 5. The molecule has 1 saturated carbocycles. The summed E-state index contributed by atoms with van der Waals surface area (Å²) in [5.74, 6) is -2.68. The summed E-state index contributed by atoms with van der Waals surface area (Å²) in [4.78, 5) is 29.0. The van der Waals surface area contributed by atoms with Crippen molar-refractivity contribution in [1.82, 2.24) is 0 Å². The van der Waals surface area contributed by atoms with Crippen molar-refractivity contribution in [3.05, 3.63) is 29.6 Å². The highest BCUT2D eigenvalue weighted by Crippen LogP contribution is 2.64. The first kappa shape index (κ1) is 18.9. The first-order chi connectivity index (χ1) is 13.4. The third-order valence-corrected chi connectivity index (χ3v) is 7.37. The molecule has 0 N–H and O–H groups in total. The van der Waals surface area contributed by atoms with Gasteiger partial charge in [0.2, 0.25) is 0 Å². The van der Waals surface area contributed by atoms with Crippen LogP contribution in [0.2, 0.25) is 0 Å². The molecule has 3 atom stereocenters. The van der Waals surface area contributed by atoms with E-state index in [1.165, 1.54) is 6.07 Å². The fraction of sp³-hybridized carbons (Fsp3) is 0.652. The normalized spacial score (nSPS) is 35.6. The highest BCUT2D eigenvalue weighted by atomic mass is 19.1. The molecule has 0 unspecified atom stereocenters. The van der Waals surface area contributed by atoms with E-state index in [0.29, 0.717) is 11.3 Å². The molecule has 0 amide bonds. The van der Waals surface area contributed by atoms with Crippen LogP contribution < -0.4 is 4.90 Å². The summed E-state index contributed by atoms with van der Waals surface area (Å²) in [7, 11) is 0. The summed E-state index contributed by atoms with van der Waals surface area (Å²) in [6.45, 7) is 9.71. The van der Waals surface area contributed by atoms with Crippen LogP contribution in [0.15, 0.2) is 18.2 Å². The number of para-hydroxylation sites is 1. The smallest absolute Gasteiger partial charge is 0.329 e. The van der Waals surface area contributed by atoms with Crippen molar-refractivity contribution in [3.8, 4) is 0 Å². The molecule has 5 rings (SSSR count). The maximum atomic E-state index is 15.1. The largest absolute Gasteiger partial charge is 0.422 e. The number of rotatable bonds is 0. The SMILES string of the molecule is CC1(C)C[C@@H]2C[C@](C)(C1)[C@@H]1N2c2c(F)cccc2CC12C(=O)OC(C)(C)OC2=O. The first-order valence-electron chi connectivity index (χ1n) is 10.4. The lowest BCUT2D eigenvalue weighted by atomic mass is 9.57. The highest BCUT2D eigenvalue weighted by Gasteiger charge is 2.72. The number of ether oxygens (including phenoxy) is 2. The number of nitrogens with zero attached hydrogens (tertiary/aromatic N) is 1. The Hall–Kier alpha value is -2.11. The van der Waals surface area contributed by atoms with Crippen molar-refractivity contribution in [2.75, 3.05) is 4.90 Å². The molecule has 6 heteroatoms. The number of fused-ring (bicyclic) bond motifs is 8. The summed E-state index contributed by atoms with van der Waals surface area (Å²) in [6, 6.07) is 4.50. The van der Waals surface area contributed by atoms with Gasteiger partial charge < -0.3 is 14.4 Å². The Labute approximate surface area is 170 Å². The van der Waals surface area contributed by atoms with Crippen molar-refractivity contribution in [1.29, 1.82) is 0 Å². The molecule has 2 saturated heterocycles. The topological polar surface area (TPSA) is 55.8 Å². The number of carbonyl (C=O) groups excluding carboxylic acids is 2. The van der Waals surface area contributed by atoms with E-state index >= 15 is 4.39 Å². The van der Waals surface area contributed by atoms with Gasteiger partial charge in [-0.15, -0.1) is 0 Å². The Bertz CT molecular complexity index is 919. The third-order valence-electron chi connectivity index (χ3n) is 7.37. The molecule has 2 bridgehead atoms. The van der Waals surface area contributed by atoms with Gasteiger partial charge in [-0.25, -0.2) is 4.39 Å². The molecule has 156 valence electrons. The van der Waals surface area contributed by atoms with Crippen molar-refractivity contribution in [3.63, 3.8) is 0 Å². The Morgan fingerprint density at radius 2 is 1.69 bits per heavy atom. The molecule has 29 heavy (non-hydrogen) atoms. The number of anilines is 1. The van der Waals surface area contributed by atoms with Gasteiger partial charge >= 0.3 is 11.9 Å². The molecule has 3 aliphatic heterocycles. The van der Waals surface area contributed by atoms with Gasteiger partial charge in [0.05, 0.1) is 11.7 Å². The Morgan fingerprint density at radius 1 is 1.03 bits per heavy atom. The van der Waals surface area contributed by atoms with E-state index in [0.717, 1.165) is 19.3 Å². The van der Waals surface area contributed by atoms with E-state index in [4.69, 9.17) is 9.47 Å². The number of hydrogen-bond donors (Lipinski definition) is 0. The highest BCUT2D eigenvalue weighted by molar-refractivity contribution is 6.04. The molecule has 1 aromatic rings. The number of benzene rings is 1. The van der Waals surface area contributed by atoms with Crippen LogP contribution in [-0.4, -0.2) is 29.8 Å². The number of esters is 2. The molecule has 3 fully saturated rings. The van der Waals surface area contributed by atoms with Crippen LogP contribution in [0.25, 0.3) is 0 Å². The first-order valence-corrected chi connectivity index (χ1v) is 10.4. The Morgan fingerprint density at radius 3 is 2.34 bits per heavy atom. The predicted molar refractivity (Wildman–Crippen MR) is 105 cm³/mol. The zero-order valence-corrected chi connectivity index (χ0v) is 17.7. The van der Waals surface area contributed by atoms with Gasteiger partial charge in [0, 0.05) is 26.3 Å². The van der Waals surface area contributed by atoms with Gasteiger partial charge in [-0.2, -0.15) is 0 Å². The number of carbonyl (C=O) groups is 2. The van der Waals surface area contributed by atoms with Crippen LogP contribution in [0.1, 0.15) is 59.4 Å². The second-order valence-corrected chi connectivity index (χ2v) is 10.9. The van der Waals surface area contributed by atoms with Crippen LogP contribution in [0, 0.1) is 22.1 Å². The van der Waals surface area contributed by atoms with E-state index in [9.17, 15) is 9.59 Å². The summed E-state index contributed by atoms with van der Waals surface area (Å²) >= 11 is 0. The van der Waals surface area contributed by atoms with E-state index in [1.807, 2.05) is 11.0 Å².